The third kappa shape index (κ3) is 6.43. The SMILES string of the molecule is C[C@H](N)C(=O)Nc1cccc(S(=O)(=O)NC(C)(C)C)c1.Cl. The van der Waals surface area contributed by atoms with Gasteiger partial charge >= 0.3 is 0 Å². The second kappa shape index (κ2) is 7.22. The first kappa shape index (κ1) is 19.9. The van der Waals surface area contributed by atoms with Gasteiger partial charge in [-0.25, -0.2) is 13.1 Å². The van der Waals surface area contributed by atoms with E-state index in [1.807, 2.05) is 0 Å². The maximum atomic E-state index is 12.2. The number of sulfonamides is 1. The summed E-state index contributed by atoms with van der Waals surface area (Å²) in [6, 6.07) is 5.37. The number of hydrogen-bond donors (Lipinski definition) is 3. The third-order valence-corrected chi connectivity index (χ3v) is 4.02. The monoisotopic (exact) mass is 335 g/mol. The lowest BCUT2D eigenvalue weighted by Gasteiger charge is -2.20. The van der Waals surface area contributed by atoms with Crippen LogP contribution in [0.4, 0.5) is 5.69 Å². The molecule has 0 aliphatic heterocycles. The molecule has 1 aromatic carbocycles. The molecule has 4 N–H and O–H groups in total. The summed E-state index contributed by atoms with van der Waals surface area (Å²) in [5.74, 6) is -0.372. The minimum atomic E-state index is -3.63. The molecule has 0 fully saturated rings. The summed E-state index contributed by atoms with van der Waals surface area (Å²) in [6.45, 7) is 6.82. The number of rotatable bonds is 4. The van der Waals surface area contributed by atoms with E-state index in [4.69, 9.17) is 5.73 Å². The highest BCUT2D eigenvalue weighted by molar-refractivity contribution is 7.89. The van der Waals surface area contributed by atoms with E-state index in [0.717, 1.165) is 0 Å². The van der Waals surface area contributed by atoms with Crippen LogP contribution in [0.2, 0.25) is 0 Å². The van der Waals surface area contributed by atoms with Crippen LogP contribution in [-0.2, 0) is 14.8 Å². The standard InChI is InChI=1S/C13H21N3O3S.ClH/c1-9(14)12(17)15-10-6-5-7-11(8-10)20(18,19)16-13(2,3)4;/h5-9,16H,14H2,1-4H3,(H,15,17);1H/t9-;/m0./s1. The number of nitrogens with two attached hydrogens (primary N) is 1. The van der Waals surface area contributed by atoms with Crippen LogP contribution in [0.15, 0.2) is 29.2 Å². The summed E-state index contributed by atoms with van der Waals surface area (Å²) < 4.78 is 26.9. The fourth-order valence-electron chi connectivity index (χ4n) is 1.46. The van der Waals surface area contributed by atoms with Gasteiger partial charge < -0.3 is 11.1 Å². The van der Waals surface area contributed by atoms with Gasteiger partial charge in [0.05, 0.1) is 10.9 Å². The first-order valence-corrected chi connectivity index (χ1v) is 7.70. The minimum Gasteiger partial charge on any atom is -0.325 e. The number of halogens is 1. The molecule has 0 radical (unpaired) electrons. The molecule has 0 bridgehead atoms. The molecule has 0 unspecified atom stereocenters. The molecule has 0 aromatic heterocycles. The third-order valence-electron chi connectivity index (χ3n) is 2.27. The summed E-state index contributed by atoms with van der Waals surface area (Å²) in [5, 5.41) is 2.56. The van der Waals surface area contributed by atoms with E-state index >= 15 is 0 Å². The number of anilines is 1. The number of nitrogens with one attached hydrogen (secondary N) is 2. The maximum Gasteiger partial charge on any atom is 0.241 e. The van der Waals surface area contributed by atoms with Gasteiger partial charge in [0.1, 0.15) is 0 Å². The van der Waals surface area contributed by atoms with E-state index in [9.17, 15) is 13.2 Å². The Balaban J connectivity index is 0.00000400. The van der Waals surface area contributed by atoms with Crippen molar-refractivity contribution in [3.63, 3.8) is 0 Å². The molecule has 0 heterocycles. The smallest absolute Gasteiger partial charge is 0.241 e. The number of hydrogen-bond acceptors (Lipinski definition) is 4. The van der Waals surface area contributed by atoms with Gasteiger partial charge in [0.15, 0.2) is 0 Å². The molecular formula is C13H22ClN3O3S. The second-order valence-electron chi connectivity index (χ2n) is 5.66. The average molecular weight is 336 g/mol. The van der Waals surface area contributed by atoms with E-state index in [2.05, 4.69) is 10.0 Å². The van der Waals surface area contributed by atoms with E-state index in [0.29, 0.717) is 5.69 Å². The van der Waals surface area contributed by atoms with Gasteiger partial charge in [0, 0.05) is 11.2 Å². The Bertz CT molecular complexity index is 595. The Hall–Kier alpha value is -1.15. The molecule has 0 spiro atoms. The Morgan fingerprint density at radius 2 is 1.86 bits per heavy atom. The zero-order valence-electron chi connectivity index (χ0n) is 12.5. The van der Waals surface area contributed by atoms with Crippen molar-refractivity contribution in [1.82, 2.24) is 4.72 Å². The highest BCUT2D eigenvalue weighted by Gasteiger charge is 2.22. The average Bonchev–Trinajstić information content (AvgIpc) is 2.26. The highest BCUT2D eigenvalue weighted by Crippen LogP contribution is 2.17. The van der Waals surface area contributed by atoms with Crippen LogP contribution in [0.25, 0.3) is 0 Å². The Morgan fingerprint density at radius 3 is 2.33 bits per heavy atom. The fourth-order valence-corrected chi connectivity index (χ4v) is 2.92. The zero-order chi connectivity index (χ0) is 15.6. The summed E-state index contributed by atoms with van der Waals surface area (Å²) in [4.78, 5) is 11.6. The Kier molecular flexibility index (Phi) is 6.82. The van der Waals surface area contributed by atoms with Gasteiger partial charge in [0.2, 0.25) is 15.9 Å². The lowest BCUT2D eigenvalue weighted by molar-refractivity contribution is -0.117. The molecule has 21 heavy (non-hydrogen) atoms. The van der Waals surface area contributed by atoms with Gasteiger partial charge in [-0.1, -0.05) is 6.07 Å². The molecule has 0 aliphatic carbocycles. The van der Waals surface area contributed by atoms with Crippen molar-refractivity contribution in [1.29, 1.82) is 0 Å². The lowest BCUT2D eigenvalue weighted by Crippen LogP contribution is -2.40. The number of benzene rings is 1. The molecule has 1 amide bonds. The molecular weight excluding hydrogens is 314 g/mol. The van der Waals surface area contributed by atoms with Crippen molar-refractivity contribution in [2.45, 2.75) is 44.2 Å². The number of amides is 1. The quantitative estimate of drug-likeness (QED) is 0.775. The molecule has 1 rings (SSSR count). The Labute approximate surface area is 132 Å². The molecule has 8 heteroatoms. The highest BCUT2D eigenvalue weighted by atomic mass is 35.5. The van der Waals surface area contributed by atoms with Gasteiger partial charge in [-0.2, -0.15) is 0 Å². The van der Waals surface area contributed by atoms with E-state index in [-0.39, 0.29) is 23.2 Å². The topological polar surface area (TPSA) is 101 Å². The first-order valence-electron chi connectivity index (χ1n) is 6.22. The maximum absolute atomic E-state index is 12.2. The van der Waals surface area contributed by atoms with Crippen LogP contribution >= 0.6 is 12.4 Å². The number of carbonyl (C=O) groups is 1. The van der Waals surface area contributed by atoms with Crippen LogP contribution in [0.1, 0.15) is 27.7 Å². The van der Waals surface area contributed by atoms with Crippen molar-refractivity contribution < 1.29 is 13.2 Å². The molecule has 0 saturated heterocycles. The minimum absolute atomic E-state index is 0. The number of carbonyl (C=O) groups excluding carboxylic acids is 1. The van der Waals surface area contributed by atoms with Crippen LogP contribution < -0.4 is 15.8 Å². The van der Waals surface area contributed by atoms with E-state index < -0.39 is 21.6 Å². The van der Waals surface area contributed by atoms with Gasteiger partial charge in [-0.15, -0.1) is 12.4 Å². The second-order valence-corrected chi connectivity index (χ2v) is 7.34. The zero-order valence-corrected chi connectivity index (χ0v) is 14.1. The first-order chi connectivity index (χ1) is 9.01. The molecule has 1 aromatic rings. The largest absolute Gasteiger partial charge is 0.325 e. The van der Waals surface area contributed by atoms with Gasteiger partial charge in [0.25, 0.3) is 0 Å². The van der Waals surface area contributed by atoms with E-state index in [1.165, 1.54) is 12.1 Å². The van der Waals surface area contributed by atoms with Gasteiger partial charge in [-0.05, 0) is 45.9 Å². The lowest BCUT2D eigenvalue weighted by atomic mass is 10.1. The summed E-state index contributed by atoms with van der Waals surface area (Å²) in [5.41, 5.74) is 5.26. The molecule has 120 valence electrons. The van der Waals surface area contributed by atoms with Crippen molar-refractivity contribution in [2.75, 3.05) is 5.32 Å². The molecule has 0 aliphatic rings. The summed E-state index contributed by atoms with van der Waals surface area (Å²) in [7, 11) is -3.63. The Morgan fingerprint density at radius 1 is 1.29 bits per heavy atom. The van der Waals surface area contributed by atoms with E-state index in [1.54, 1.807) is 39.8 Å². The van der Waals surface area contributed by atoms with Crippen molar-refractivity contribution in [2.24, 2.45) is 5.73 Å². The van der Waals surface area contributed by atoms with Crippen LogP contribution in [0.5, 0.6) is 0 Å². The van der Waals surface area contributed by atoms with Crippen molar-refractivity contribution in [3.8, 4) is 0 Å². The molecule has 1 atom stereocenters. The summed E-state index contributed by atoms with van der Waals surface area (Å²) >= 11 is 0. The van der Waals surface area contributed by atoms with Gasteiger partial charge in [-0.3, -0.25) is 4.79 Å². The normalized spacial score (nSPS) is 13.2. The van der Waals surface area contributed by atoms with Crippen molar-refractivity contribution >= 4 is 34.0 Å². The fraction of sp³-hybridized carbons (Fsp3) is 0.462. The molecule has 0 saturated carbocycles. The predicted molar refractivity (Wildman–Crippen MR) is 86.0 cm³/mol. The predicted octanol–water partition coefficient (Wildman–Crippen LogP) is 1.47. The summed E-state index contributed by atoms with van der Waals surface area (Å²) in [6.07, 6.45) is 0. The van der Waals surface area contributed by atoms with Crippen LogP contribution in [0, 0.1) is 0 Å². The van der Waals surface area contributed by atoms with Crippen LogP contribution in [0.3, 0.4) is 0 Å². The van der Waals surface area contributed by atoms with Crippen molar-refractivity contribution in [3.05, 3.63) is 24.3 Å². The molecule has 6 nitrogen and oxygen atoms in total. The van der Waals surface area contributed by atoms with Crippen LogP contribution in [-0.4, -0.2) is 25.9 Å².